The molecule has 0 unspecified atom stereocenters. The highest BCUT2D eigenvalue weighted by Crippen LogP contribution is 2.37. The van der Waals surface area contributed by atoms with Gasteiger partial charge in [-0.3, -0.25) is 10.1 Å². The molecule has 0 saturated carbocycles. The van der Waals surface area contributed by atoms with Crippen molar-refractivity contribution in [2.75, 3.05) is 6.61 Å². The Balaban J connectivity index is 1.73. The summed E-state index contributed by atoms with van der Waals surface area (Å²) in [6.07, 6.45) is 4.80. The maximum Gasteiger partial charge on any atom is 0.339 e. The lowest BCUT2D eigenvalue weighted by Gasteiger charge is -2.12. The molecule has 0 aliphatic heterocycles. The SMILES string of the molecule is NC(=O)NC(=O)COC(=O)c1c2c(nc3ccccc13)/C(=C/c1ccco1)CC2. The molecular weight excluding hydrogens is 374 g/mol. The zero-order chi connectivity index (χ0) is 20.4. The number of primary amides is 1. The van der Waals surface area contributed by atoms with E-state index in [0.29, 0.717) is 40.8 Å². The molecule has 146 valence electrons. The molecular formula is C21H17N3O5. The Morgan fingerprint density at radius 2 is 2.00 bits per heavy atom. The lowest BCUT2D eigenvalue weighted by molar-refractivity contribution is -0.123. The normalized spacial score (nSPS) is 14.0. The van der Waals surface area contributed by atoms with Crippen LogP contribution in [0.25, 0.3) is 22.6 Å². The summed E-state index contributed by atoms with van der Waals surface area (Å²) < 4.78 is 10.5. The van der Waals surface area contributed by atoms with E-state index in [9.17, 15) is 14.4 Å². The summed E-state index contributed by atoms with van der Waals surface area (Å²) >= 11 is 0. The number of pyridine rings is 1. The fourth-order valence-corrected chi connectivity index (χ4v) is 3.43. The highest BCUT2D eigenvalue weighted by molar-refractivity contribution is 6.07. The Morgan fingerprint density at radius 1 is 1.17 bits per heavy atom. The van der Waals surface area contributed by atoms with Crippen LogP contribution >= 0.6 is 0 Å². The Kier molecular flexibility index (Phi) is 4.82. The molecule has 0 radical (unpaired) electrons. The molecule has 0 saturated heterocycles. The van der Waals surface area contributed by atoms with Crippen molar-refractivity contribution >= 4 is 40.5 Å². The van der Waals surface area contributed by atoms with E-state index in [1.807, 2.05) is 35.7 Å². The van der Waals surface area contributed by atoms with Crippen molar-refractivity contribution < 1.29 is 23.5 Å². The van der Waals surface area contributed by atoms with Gasteiger partial charge < -0.3 is 14.9 Å². The van der Waals surface area contributed by atoms with Crippen LogP contribution in [0.4, 0.5) is 4.79 Å². The Labute approximate surface area is 165 Å². The average Bonchev–Trinajstić information content (AvgIpc) is 3.34. The number of rotatable bonds is 4. The molecule has 8 heteroatoms. The number of furan rings is 1. The van der Waals surface area contributed by atoms with Crippen LogP contribution in [-0.2, 0) is 16.0 Å². The van der Waals surface area contributed by atoms with Gasteiger partial charge in [-0.25, -0.2) is 14.6 Å². The number of carbonyl (C=O) groups excluding carboxylic acids is 3. The van der Waals surface area contributed by atoms with Gasteiger partial charge in [-0.1, -0.05) is 18.2 Å². The molecule has 0 bridgehead atoms. The molecule has 1 aliphatic carbocycles. The number of nitrogens with zero attached hydrogens (tertiary/aromatic N) is 1. The summed E-state index contributed by atoms with van der Waals surface area (Å²) in [6.45, 7) is -0.609. The van der Waals surface area contributed by atoms with Crippen molar-refractivity contribution in [2.24, 2.45) is 5.73 Å². The Bertz CT molecular complexity index is 1150. The molecule has 1 aliphatic rings. The van der Waals surface area contributed by atoms with E-state index in [1.165, 1.54) is 0 Å². The Hall–Kier alpha value is -3.94. The maximum atomic E-state index is 12.8. The minimum atomic E-state index is -1.01. The smallest absolute Gasteiger partial charge is 0.339 e. The van der Waals surface area contributed by atoms with Crippen LogP contribution in [-0.4, -0.2) is 29.5 Å². The number of imide groups is 1. The number of nitrogens with two attached hydrogens (primary N) is 1. The number of fused-ring (bicyclic) bond motifs is 2. The fraction of sp³-hybridized carbons (Fsp3) is 0.143. The molecule has 3 amide bonds. The van der Waals surface area contributed by atoms with Gasteiger partial charge in [0.2, 0.25) is 0 Å². The number of urea groups is 1. The molecule has 8 nitrogen and oxygen atoms in total. The van der Waals surface area contributed by atoms with Gasteiger partial charge in [-0.2, -0.15) is 0 Å². The second kappa shape index (κ2) is 7.59. The van der Waals surface area contributed by atoms with Crippen molar-refractivity contribution in [3.05, 3.63) is 65.2 Å². The minimum Gasteiger partial charge on any atom is -0.465 e. The van der Waals surface area contributed by atoms with Crippen molar-refractivity contribution in [3.8, 4) is 0 Å². The number of allylic oxidation sites excluding steroid dienone is 1. The van der Waals surface area contributed by atoms with Crippen molar-refractivity contribution in [3.63, 3.8) is 0 Å². The van der Waals surface area contributed by atoms with E-state index in [2.05, 4.69) is 0 Å². The van der Waals surface area contributed by atoms with Gasteiger partial charge in [0.15, 0.2) is 6.61 Å². The second-order valence-electron chi connectivity index (χ2n) is 6.50. The van der Waals surface area contributed by atoms with Crippen LogP contribution in [0.15, 0.2) is 47.1 Å². The summed E-state index contributed by atoms with van der Waals surface area (Å²) in [5.74, 6) is -0.743. The lowest BCUT2D eigenvalue weighted by Crippen LogP contribution is -2.37. The number of esters is 1. The van der Waals surface area contributed by atoms with E-state index in [4.69, 9.17) is 19.9 Å². The molecule has 1 aromatic carbocycles. The predicted octanol–water partition coefficient (Wildman–Crippen LogP) is 2.67. The standard InChI is InChI=1S/C21H17N3O5/c22-21(27)24-17(25)11-29-20(26)18-14-5-1-2-6-16(14)23-19-12(7-8-15(18)19)10-13-4-3-9-28-13/h1-6,9-10H,7-8,11H2,(H3,22,24,25,27)/b12-10+. The molecule has 2 aromatic heterocycles. The van der Waals surface area contributed by atoms with E-state index in [-0.39, 0.29) is 0 Å². The van der Waals surface area contributed by atoms with E-state index in [0.717, 1.165) is 11.1 Å². The molecule has 29 heavy (non-hydrogen) atoms. The van der Waals surface area contributed by atoms with E-state index in [1.54, 1.807) is 18.4 Å². The molecule has 0 atom stereocenters. The van der Waals surface area contributed by atoms with Crippen molar-refractivity contribution in [2.45, 2.75) is 12.8 Å². The molecule has 2 heterocycles. The van der Waals surface area contributed by atoms with E-state index >= 15 is 0 Å². The van der Waals surface area contributed by atoms with Gasteiger partial charge in [0, 0.05) is 5.39 Å². The topological polar surface area (TPSA) is 125 Å². The van der Waals surface area contributed by atoms with Gasteiger partial charge in [0.25, 0.3) is 5.91 Å². The van der Waals surface area contributed by atoms with Gasteiger partial charge in [0.1, 0.15) is 5.76 Å². The van der Waals surface area contributed by atoms with Crippen LogP contribution in [0.5, 0.6) is 0 Å². The largest absolute Gasteiger partial charge is 0.465 e. The first-order valence-electron chi connectivity index (χ1n) is 8.95. The number of hydrogen-bond acceptors (Lipinski definition) is 6. The highest BCUT2D eigenvalue weighted by atomic mass is 16.5. The highest BCUT2D eigenvalue weighted by Gasteiger charge is 2.28. The number of benzene rings is 1. The molecule has 3 N–H and O–H groups in total. The first-order chi connectivity index (χ1) is 14.0. The third-order valence-corrected chi connectivity index (χ3v) is 4.60. The zero-order valence-corrected chi connectivity index (χ0v) is 15.3. The summed E-state index contributed by atoms with van der Waals surface area (Å²) in [4.78, 5) is 39.9. The fourth-order valence-electron chi connectivity index (χ4n) is 3.43. The molecule has 0 fully saturated rings. The second-order valence-corrected chi connectivity index (χ2v) is 6.50. The Morgan fingerprint density at radius 3 is 2.76 bits per heavy atom. The number of carbonyl (C=O) groups is 3. The third kappa shape index (κ3) is 3.73. The van der Waals surface area contributed by atoms with Crippen LogP contribution in [0.3, 0.4) is 0 Å². The number of hydrogen-bond donors (Lipinski definition) is 2. The van der Waals surface area contributed by atoms with Gasteiger partial charge in [-0.05, 0) is 48.3 Å². The first-order valence-corrected chi connectivity index (χ1v) is 8.95. The monoisotopic (exact) mass is 391 g/mol. The number of para-hydroxylation sites is 1. The first kappa shape index (κ1) is 18.4. The maximum absolute atomic E-state index is 12.8. The number of ether oxygens (including phenoxy) is 1. The molecule has 0 spiro atoms. The third-order valence-electron chi connectivity index (χ3n) is 4.60. The van der Waals surface area contributed by atoms with Gasteiger partial charge in [0.05, 0.1) is 23.0 Å². The van der Waals surface area contributed by atoms with Crippen LogP contribution in [0, 0.1) is 0 Å². The number of amides is 3. The zero-order valence-electron chi connectivity index (χ0n) is 15.3. The summed E-state index contributed by atoms with van der Waals surface area (Å²) in [7, 11) is 0. The van der Waals surface area contributed by atoms with Crippen LogP contribution in [0.1, 0.15) is 33.8 Å². The van der Waals surface area contributed by atoms with Crippen LogP contribution in [0.2, 0.25) is 0 Å². The minimum absolute atomic E-state index is 0.375. The summed E-state index contributed by atoms with van der Waals surface area (Å²) in [5, 5.41) is 2.51. The molecule has 4 rings (SSSR count). The number of nitrogens with one attached hydrogen (secondary N) is 1. The molecule has 3 aromatic rings. The lowest BCUT2D eigenvalue weighted by atomic mass is 10.0. The number of aromatic nitrogens is 1. The van der Waals surface area contributed by atoms with Crippen LogP contribution < -0.4 is 11.1 Å². The van der Waals surface area contributed by atoms with Gasteiger partial charge in [-0.15, -0.1) is 0 Å². The quantitative estimate of drug-likeness (QED) is 0.659. The van der Waals surface area contributed by atoms with E-state index < -0.39 is 24.5 Å². The van der Waals surface area contributed by atoms with Crippen molar-refractivity contribution in [1.29, 1.82) is 0 Å². The average molecular weight is 391 g/mol. The summed E-state index contributed by atoms with van der Waals surface area (Å²) in [6, 6.07) is 9.89. The summed E-state index contributed by atoms with van der Waals surface area (Å²) in [5.41, 5.74) is 8.36. The predicted molar refractivity (Wildman–Crippen MR) is 105 cm³/mol. The van der Waals surface area contributed by atoms with Gasteiger partial charge >= 0.3 is 12.0 Å². The van der Waals surface area contributed by atoms with Crippen molar-refractivity contribution in [1.82, 2.24) is 10.3 Å².